The van der Waals surface area contributed by atoms with E-state index in [1.54, 1.807) is 6.92 Å². The Morgan fingerprint density at radius 2 is 1.79 bits per heavy atom. The predicted octanol–water partition coefficient (Wildman–Crippen LogP) is 0.800. The Morgan fingerprint density at radius 1 is 1.21 bits per heavy atom. The number of rotatable bonds is 11. The van der Waals surface area contributed by atoms with Gasteiger partial charge in [-0.05, 0) is 26.7 Å². The summed E-state index contributed by atoms with van der Waals surface area (Å²) in [6.45, 7) is 5.42. The number of carbonyl (C=O) groups is 2. The molecule has 0 fully saturated rings. The monoisotopic (exact) mass is 370 g/mol. The summed E-state index contributed by atoms with van der Waals surface area (Å²) in [6, 6.07) is 0. The van der Waals surface area contributed by atoms with Crippen molar-refractivity contribution in [3.63, 3.8) is 0 Å². The molecular weight excluding hydrogens is 343 g/mol. The number of esters is 2. The van der Waals surface area contributed by atoms with Gasteiger partial charge in [0.05, 0.1) is 25.7 Å². The summed E-state index contributed by atoms with van der Waals surface area (Å²) >= 11 is 0. The zero-order chi connectivity index (χ0) is 19.0. The molecule has 24 heavy (non-hydrogen) atoms. The van der Waals surface area contributed by atoms with Crippen LogP contribution in [0, 0.1) is 5.92 Å². The van der Waals surface area contributed by atoms with Gasteiger partial charge in [-0.15, -0.1) is 0 Å². The lowest BCUT2D eigenvalue weighted by Crippen LogP contribution is -2.50. The average Bonchev–Trinajstić information content (AvgIpc) is 2.48. The van der Waals surface area contributed by atoms with E-state index < -0.39 is 36.9 Å². The Balaban J connectivity index is 5.76. The molecule has 0 aromatic heterocycles. The Labute approximate surface area is 141 Å². The first-order valence-electron chi connectivity index (χ1n) is 7.78. The van der Waals surface area contributed by atoms with Crippen molar-refractivity contribution in [2.45, 2.75) is 52.0 Å². The van der Waals surface area contributed by atoms with E-state index >= 15 is 0 Å². The molecule has 0 aromatic rings. The standard InChI is InChI=1S/C14H27O9P/c1-5-11(12(16)21-7-3)14(6-2,24(18,19)20)13(17)23-10(4)22-9-8-15/h10-11,15H,5-9H2,1-4H3,(H2,18,19,20). The molecule has 0 aliphatic rings. The maximum atomic E-state index is 12.6. The van der Waals surface area contributed by atoms with Crippen LogP contribution >= 0.6 is 7.60 Å². The molecule has 3 N–H and O–H groups in total. The second-order valence-corrected chi connectivity index (χ2v) is 6.99. The molecule has 0 heterocycles. The van der Waals surface area contributed by atoms with Crippen molar-refractivity contribution in [2.75, 3.05) is 19.8 Å². The van der Waals surface area contributed by atoms with Crippen LogP contribution in [0.5, 0.6) is 0 Å². The lowest BCUT2D eigenvalue weighted by molar-refractivity contribution is -0.184. The summed E-state index contributed by atoms with van der Waals surface area (Å²) in [7, 11) is -5.08. The number of aliphatic hydroxyl groups is 1. The molecule has 0 aliphatic heterocycles. The van der Waals surface area contributed by atoms with Crippen LogP contribution in [0.4, 0.5) is 0 Å². The molecular formula is C14H27O9P. The number of ether oxygens (including phenoxy) is 3. The first-order chi connectivity index (χ1) is 11.1. The lowest BCUT2D eigenvalue weighted by atomic mass is 9.86. The summed E-state index contributed by atoms with van der Waals surface area (Å²) in [5, 5.41) is 6.34. The van der Waals surface area contributed by atoms with Crippen molar-refractivity contribution >= 4 is 19.5 Å². The van der Waals surface area contributed by atoms with E-state index in [0.717, 1.165) is 0 Å². The molecule has 0 saturated carbocycles. The molecule has 0 amide bonds. The van der Waals surface area contributed by atoms with Crippen LogP contribution in [0.3, 0.4) is 0 Å². The molecule has 0 aliphatic carbocycles. The normalized spacial score (nSPS) is 16.8. The van der Waals surface area contributed by atoms with Crippen LogP contribution in [0.1, 0.15) is 40.5 Å². The molecule has 9 nitrogen and oxygen atoms in total. The molecule has 0 rings (SSSR count). The van der Waals surface area contributed by atoms with E-state index in [2.05, 4.69) is 0 Å². The Kier molecular flexibility index (Phi) is 9.69. The van der Waals surface area contributed by atoms with Gasteiger partial charge in [-0.1, -0.05) is 13.8 Å². The van der Waals surface area contributed by atoms with Gasteiger partial charge in [-0.3, -0.25) is 14.2 Å². The van der Waals surface area contributed by atoms with Crippen molar-refractivity contribution in [3.05, 3.63) is 0 Å². The van der Waals surface area contributed by atoms with Crippen LogP contribution in [0.25, 0.3) is 0 Å². The zero-order valence-electron chi connectivity index (χ0n) is 14.4. The third-order valence-electron chi connectivity index (χ3n) is 3.68. The summed E-state index contributed by atoms with van der Waals surface area (Å²) in [4.78, 5) is 44.4. The van der Waals surface area contributed by atoms with Crippen LogP contribution < -0.4 is 0 Å². The summed E-state index contributed by atoms with van der Waals surface area (Å²) in [5.74, 6) is -3.46. The average molecular weight is 370 g/mol. The van der Waals surface area contributed by atoms with Crippen molar-refractivity contribution in [2.24, 2.45) is 5.92 Å². The van der Waals surface area contributed by atoms with Crippen molar-refractivity contribution in [3.8, 4) is 0 Å². The van der Waals surface area contributed by atoms with Crippen LogP contribution in [0.2, 0.25) is 0 Å². The number of carbonyl (C=O) groups excluding carboxylic acids is 2. The second kappa shape index (κ2) is 10.1. The highest BCUT2D eigenvalue weighted by atomic mass is 31.2. The Hall–Kier alpha value is -0.990. The fourth-order valence-electron chi connectivity index (χ4n) is 2.51. The molecule has 0 saturated heterocycles. The van der Waals surface area contributed by atoms with Gasteiger partial charge in [0.1, 0.15) is 0 Å². The number of hydrogen-bond donors (Lipinski definition) is 3. The molecule has 142 valence electrons. The van der Waals surface area contributed by atoms with E-state index in [4.69, 9.17) is 19.3 Å². The topological polar surface area (TPSA) is 140 Å². The van der Waals surface area contributed by atoms with Gasteiger partial charge in [0.2, 0.25) is 0 Å². The van der Waals surface area contributed by atoms with Gasteiger partial charge in [0, 0.05) is 0 Å². The smallest absolute Gasteiger partial charge is 0.343 e. The van der Waals surface area contributed by atoms with Gasteiger partial charge >= 0.3 is 19.5 Å². The molecule has 3 unspecified atom stereocenters. The molecule has 10 heteroatoms. The fourth-order valence-corrected chi connectivity index (χ4v) is 3.90. The zero-order valence-corrected chi connectivity index (χ0v) is 15.3. The SMILES string of the molecule is CCOC(=O)C(CC)C(CC)(C(=O)OC(C)OCCO)P(=O)(O)O. The highest BCUT2D eigenvalue weighted by molar-refractivity contribution is 7.54. The molecule has 0 bridgehead atoms. The largest absolute Gasteiger partial charge is 0.466 e. The van der Waals surface area contributed by atoms with Crippen LogP contribution in [-0.4, -0.2) is 58.1 Å². The fraction of sp³-hybridized carbons (Fsp3) is 0.857. The Bertz CT molecular complexity index is 461. The molecule has 0 aromatic carbocycles. The Morgan fingerprint density at radius 3 is 2.17 bits per heavy atom. The maximum Gasteiger partial charge on any atom is 0.343 e. The summed E-state index contributed by atoms with van der Waals surface area (Å²) in [6.07, 6.45) is -1.47. The second-order valence-electron chi connectivity index (χ2n) is 5.10. The van der Waals surface area contributed by atoms with E-state index in [9.17, 15) is 23.9 Å². The number of aliphatic hydroxyl groups excluding tert-OH is 1. The molecule has 0 spiro atoms. The first kappa shape index (κ1) is 23.0. The lowest BCUT2D eigenvalue weighted by Gasteiger charge is -2.36. The van der Waals surface area contributed by atoms with Crippen molar-refractivity contribution in [1.82, 2.24) is 0 Å². The van der Waals surface area contributed by atoms with Crippen LogP contribution in [0.15, 0.2) is 0 Å². The van der Waals surface area contributed by atoms with E-state index in [1.165, 1.54) is 20.8 Å². The van der Waals surface area contributed by atoms with Gasteiger partial charge in [0.25, 0.3) is 0 Å². The van der Waals surface area contributed by atoms with Crippen molar-refractivity contribution < 1.29 is 43.3 Å². The highest BCUT2D eigenvalue weighted by Crippen LogP contribution is 2.58. The molecule has 3 atom stereocenters. The van der Waals surface area contributed by atoms with Gasteiger partial charge in [-0.25, -0.2) is 0 Å². The van der Waals surface area contributed by atoms with Gasteiger partial charge in [-0.2, -0.15) is 0 Å². The summed E-state index contributed by atoms with van der Waals surface area (Å²) < 4.78 is 26.9. The quantitative estimate of drug-likeness (QED) is 0.274. The third-order valence-corrected chi connectivity index (χ3v) is 5.54. The molecule has 0 radical (unpaired) electrons. The van der Waals surface area contributed by atoms with E-state index in [1.807, 2.05) is 0 Å². The van der Waals surface area contributed by atoms with E-state index in [-0.39, 0.29) is 32.7 Å². The van der Waals surface area contributed by atoms with E-state index in [0.29, 0.717) is 0 Å². The first-order valence-corrected chi connectivity index (χ1v) is 9.39. The van der Waals surface area contributed by atoms with Gasteiger partial charge in [0.15, 0.2) is 11.4 Å². The van der Waals surface area contributed by atoms with Crippen LogP contribution in [-0.2, 0) is 28.4 Å². The van der Waals surface area contributed by atoms with Gasteiger partial charge < -0.3 is 29.1 Å². The summed E-state index contributed by atoms with van der Waals surface area (Å²) in [5.41, 5.74) is 0. The minimum atomic E-state index is -5.08. The maximum absolute atomic E-state index is 12.6. The predicted molar refractivity (Wildman–Crippen MR) is 84.1 cm³/mol. The minimum absolute atomic E-state index is 0.0151. The third kappa shape index (κ3) is 5.26. The minimum Gasteiger partial charge on any atom is -0.466 e. The number of hydrogen-bond acceptors (Lipinski definition) is 7. The highest BCUT2D eigenvalue weighted by Gasteiger charge is 2.61. The van der Waals surface area contributed by atoms with Crippen molar-refractivity contribution in [1.29, 1.82) is 0 Å².